The third-order valence-electron chi connectivity index (χ3n) is 3.93. The van der Waals surface area contributed by atoms with Crippen LogP contribution in [0.1, 0.15) is 6.23 Å². The average Bonchev–Trinajstić information content (AvgIpc) is 3.00. The van der Waals surface area contributed by atoms with Gasteiger partial charge in [-0.3, -0.25) is 19.1 Å². The van der Waals surface area contributed by atoms with Crippen molar-refractivity contribution in [2.75, 3.05) is 12.3 Å². The van der Waals surface area contributed by atoms with Crippen LogP contribution in [0.15, 0.2) is 9.59 Å². The summed E-state index contributed by atoms with van der Waals surface area (Å²) >= 11 is 0. The lowest BCUT2D eigenvalue weighted by atomic mass is 10.1. The summed E-state index contributed by atoms with van der Waals surface area (Å²) in [4.78, 5) is 41.5. The maximum Gasteiger partial charge on any atom is 0.334 e. The molecule has 136 valence electrons. The fraction of sp³-hybridized carbons (Fsp3) is 0.500. The number of hydrogen-bond donors (Lipinski definition) is 6. The van der Waals surface area contributed by atoms with Crippen LogP contribution in [0.4, 0.5) is 5.95 Å². The number of amides is 1. The molecular weight excluding hydrogens is 340 g/mol. The summed E-state index contributed by atoms with van der Waals surface area (Å²) in [5.74, 6) is -0.279. The van der Waals surface area contributed by atoms with Crippen molar-refractivity contribution in [2.45, 2.75) is 31.2 Å². The Labute approximate surface area is 138 Å². The van der Waals surface area contributed by atoms with Crippen molar-refractivity contribution in [3.63, 3.8) is 0 Å². The molecule has 0 saturated carbocycles. The van der Waals surface area contributed by atoms with Crippen molar-refractivity contribution in [3.05, 3.63) is 20.8 Å². The normalized spacial score (nSPS) is 26.2. The van der Waals surface area contributed by atoms with Crippen molar-refractivity contribution in [2.24, 2.45) is 0 Å². The van der Waals surface area contributed by atoms with Crippen molar-refractivity contribution in [3.8, 4) is 0 Å². The number of carbonyl (C=O) groups excluding carboxylic acids is 1. The first kappa shape index (κ1) is 17.1. The molecule has 1 saturated heterocycles. The number of nitrogens with zero attached hydrogens (tertiary/aromatic N) is 3. The van der Waals surface area contributed by atoms with E-state index in [0.717, 1.165) is 9.13 Å². The van der Waals surface area contributed by atoms with Gasteiger partial charge >= 0.3 is 5.69 Å². The molecule has 1 aliphatic rings. The van der Waals surface area contributed by atoms with E-state index in [9.17, 15) is 29.7 Å². The molecule has 0 aliphatic carbocycles. The van der Waals surface area contributed by atoms with Crippen LogP contribution in [0.5, 0.6) is 0 Å². The number of imidazole rings is 1. The highest BCUT2D eigenvalue weighted by atomic mass is 16.6. The standard InChI is InChI=1S/C12H16N6O7/c13-11-15-8-5(9(23)16-11)17(2-14-3-20)12(24)18(8)10-7(22)6(21)4(1-19)25-10/h3-4,6-7,10,19,21-22H,1-2H2,(H,14,20)(H3,13,15,16,23)/t4-,6-,7-,10-/m1/s1. The van der Waals surface area contributed by atoms with Crippen LogP contribution in [0.3, 0.4) is 0 Å². The molecule has 3 rings (SSSR count). The maximum absolute atomic E-state index is 12.7. The molecule has 4 atom stereocenters. The minimum absolute atomic E-state index is 0.200. The van der Waals surface area contributed by atoms with Gasteiger partial charge < -0.3 is 31.1 Å². The molecular formula is C12H16N6O7. The number of aromatic nitrogens is 4. The number of nitrogens with one attached hydrogen (secondary N) is 2. The summed E-state index contributed by atoms with van der Waals surface area (Å²) in [6.07, 6.45) is -5.21. The molecule has 2 aromatic rings. The Balaban J connectivity index is 2.25. The summed E-state index contributed by atoms with van der Waals surface area (Å²) < 4.78 is 7.07. The molecule has 0 unspecified atom stereocenters. The van der Waals surface area contributed by atoms with Gasteiger partial charge in [0.15, 0.2) is 17.4 Å². The van der Waals surface area contributed by atoms with Crippen LogP contribution in [0.2, 0.25) is 0 Å². The minimum Gasteiger partial charge on any atom is -0.394 e. The van der Waals surface area contributed by atoms with E-state index in [1.54, 1.807) is 0 Å². The van der Waals surface area contributed by atoms with Gasteiger partial charge in [0.2, 0.25) is 12.4 Å². The second-order valence-electron chi connectivity index (χ2n) is 5.41. The number of fused-ring (bicyclic) bond motifs is 1. The van der Waals surface area contributed by atoms with E-state index in [4.69, 9.17) is 10.5 Å². The number of ether oxygens (including phenoxy) is 1. The number of aliphatic hydroxyl groups is 3. The lowest BCUT2D eigenvalue weighted by molar-refractivity contribution is -0.110. The Bertz CT molecular complexity index is 917. The van der Waals surface area contributed by atoms with Crippen LogP contribution in [-0.4, -0.2) is 65.8 Å². The number of carbonyl (C=O) groups is 1. The molecule has 0 radical (unpaired) electrons. The van der Waals surface area contributed by atoms with Gasteiger partial charge in [-0.25, -0.2) is 9.36 Å². The first-order valence-electron chi connectivity index (χ1n) is 7.20. The van der Waals surface area contributed by atoms with E-state index in [2.05, 4.69) is 15.3 Å². The van der Waals surface area contributed by atoms with Crippen LogP contribution >= 0.6 is 0 Å². The number of hydrogen-bond acceptors (Lipinski definition) is 9. The van der Waals surface area contributed by atoms with E-state index in [0.29, 0.717) is 6.41 Å². The zero-order valence-corrected chi connectivity index (χ0v) is 12.7. The number of nitrogen functional groups attached to an aromatic ring is 1. The van der Waals surface area contributed by atoms with Crippen molar-refractivity contribution >= 4 is 23.5 Å². The number of anilines is 1. The van der Waals surface area contributed by atoms with Gasteiger partial charge in [-0.1, -0.05) is 0 Å². The van der Waals surface area contributed by atoms with Crippen LogP contribution in [0, 0.1) is 0 Å². The van der Waals surface area contributed by atoms with E-state index in [-0.39, 0.29) is 23.8 Å². The van der Waals surface area contributed by atoms with Crippen molar-refractivity contribution < 1.29 is 24.9 Å². The van der Waals surface area contributed by atoms with Crippen LogP contribution in [0.25, 0.3) is 11.2 Å². The van der Waals surface area contributed by atoms with Gasteiger partial charge in [-0.2, -0.15) is 4.98 Å². The predicted octanol–water partition coefficient (Wildman–Crippen LogP) is -4.22. The highest BCUT2D eigenvalue weighted by molar-refractivity contribution is 5.72. The molecule has 25 heavy (non-hydrogen) atoms. The van der Waals surface area contributed by atoms with E-state index in [1.807, 2.05) is 0 Å². The highest BCUT2D eigenvalue weighted by Gasteiger charge is 2.45. The lowest BCUT2D eigenvalue weighted by Gasteiger charge is -2.15. The Morgan fingerprint density at radius 3 is 2.68 bits per heavy atom. The molecule has 1 fully saturated rings. The first-order chi connectivity index (χ1) is 11.9. The molecule has 13 heteroatoms. The summed E-state index contributed by atoms with van der Waals surface area (Å²) in [5, 5.41) is 31.5. The molecule has 2 aromatic heterocycles. The van der Waals surface area contributed by atoms with Gasteiger partial charge in [0.1, 0.15) is 18.3 Å². The zero-order chi connectivity index (χ0) is 18.3. The predicted molar refractivity (Wildman–Crippen MR) is 81.2 cm³/mol. The second-order valence-corrected chi connectivity index (χ2v) is 5.41. The highest BCUT2D eigenvalue weighted by Crippen LogP contribution is 2.30. The first-order valence-corrected chi connectivity index (χ1v) is 7.20. The maximum atomic E-state index is 12.7. The number of nitrogens with two attached hydrogens (primary N) is 1. The van der Waals surface area contributed by atoms with Gasteiger partial charge in [-0.15, -0.1) is 0 Å². The van der Waals surface area contributed by atoms with Gasteiger partial charge in [0.05, 0.1) is 13.3 Å². The molecule has 13 nitrogen and oxygen atoms in total. The quantitative estimate of drug-likeness (QED) is 0.287. The van der Waals surface area contributed by atoms with Crippen molar-refractivity contribution in [1.82, 2.24) is 24.4 Å². The third-order valence-corrected chi connectivity index (χ3v) is 3.93. The lowest BCUT2D eigenvalue weighted by Crippen LogP contribution is -2.37. The largest absolute Gasteiger partial charge is 0.394 e. The number of aromatic amines is 1. The fourth-order valence-corrected chi connectivity index (χ4v) is 2.80. The molecule has 0 spiro atoms. The van der Waals surface area contributed by atoms with Crippen LogP contribution in [-0.2, 0) is 16.2 Å². The SMILES string of the molecule is Nc1nc2c(c(=O)[nH]1)n(CNC=O)c(=O)n2[C@@H]1O[C@H](CO)[C@@H](O)[C@H]1O. The van der Waals surface area contributed by atoms with Crippen molar-refractivity contribution in [1.29, 1.82) is 0 Å². The second kappa shape index (κ2) is 6.29. The Kier molecular flexibility index (Phi) is 4.30. The molecule has 0 bridgehead atoms. The summed E-state index contributed by atoms with van der Waals surface area (Å²) in [6, 6.07) is 0. The molecule has 0 aromatic carbocycles. The average molecular weight is 356 g/mol. The van der Waals surface area contributed by atoms with E-state index < -0.39 is 42.4 Å². The van der Waals surface area contributed by atoms with Gasteiger partial charge in [0, 0.05) is 0 Å². The molecule has 3 heterocycles. The number of rotatable bonds is 5. The zero-order valence-electron chi connectivity index (χ0n) is 12.7. The number of H-pyrrole nitrogens is 1. The summed E-state index contributed by atoms with van der Waals surface area (Å²) in [5.41, 5.74) is 3.54. The van der Waals surface area contributed by atoms with E-state index in [1.165, 1.54) is 0 Å². The minimum atomic E-state index is -1.56. The Morgan fingerprint density at radius 1 is 1.36 bits per heavy atom. The summed E-state index contributed by atoms with van der Waals surface area (Å²) in [7, 11) is 0. The van der Waals surface area contributed by atoms with Gasteiger partial charge in [0.25, 0.3) is 5.56 Å². The Hall–Kier alpha value is -2.74. The number of aliphatic hydroxyl groups excluding tert-OH is 3. The molecule has 1 amide bonds. The van der Waals surface area contributed by atoms with Gasteiger partial charge in [-0.05, 0) is 0 Å². The topological polar surface area (TPSA) is 198 Å². The molecule has 1 aliphatic heterocycles. The third kappa shape index (κ3) is 2.58. The fourth-order valence-electron chi connectivity index (χ4n) is 2.80. The van der Waals surface area contributed by atoms with Crippen LogP contribution < -0.4 is 22.3 Å². The van der Waals surface area contributed by atoms with E-state index >= 15 is 0 Å². The Morgan fingerprint density at radius 2 is 2.08 bits per heavy atom. The monoisotopic (exact) mass is 356 g/mol. The summed E-state index contributed by atoms with van der Waals surface area (Å²) in [6.45, 7) is -0.930. The molecule has 7 N–H and O–H groups in total. The smallest absolute Gasteiger partial charge is 0.334 e.